The number of carbonyl (C=O) groups is 1. The first-order valence-corrected chi connectivity index (χ1v) is 6.92. The lowest BCUT2D eigenvalue weighted by molar-refractivity contribution is -0.384. The van der Waals surface area contributed by atoms with Crippen LogP contribution in [0.25, 0.3) is 0 Å². The van der Waals surface area contributed by atoms with Crippen LogP contribution >= 0.6 is 0 Å². The van der Waals surface area contributed by atoms with Gasteiger partial charge in [0, 0.05) is 32.8 Å². The predicted octanol–water partition coefficient (Wildman–Crippen LogP) is 1.33. The van der Waals surface area contributed by atoms with Crippen LogP contribution in [-0.2, 0) is 4.79 Å². The lowest BCUT2D eigenvalue weighted by Crippen LogP contribution is -2.21. The predicted molar refractivity (Wildman–Crippen MR) is 78.3 cm³/mol. The molecule has 1 aromatic rings. The number of hydrogen-bond acceptors (Lipinski definition) is 5. The van der Waals surface area contributed by atoms with Crippen molar-refractivity contribution in [1.82, 2.24) is 4.90 Å². The van der Waals surface area contributed by atoms with Gasteiger partial charge in [-0.05, 0) is 24.5 Å². The van der Waals surface area contributed by atoms with Crippen molar-refractivity contribution >= 4 is 17.3 Å². The SMILES string of the molecule is CN1CCC(c2ccc(NCCCO)c([N+](=O)[O-])c2)C1=O. The number of rotatable bonds is 6. The molecule has 1 atom stereocenters. The van der Waals surface area contributed by atoms with Crippen molar-refractivity contribution in [3.63, 3.8) is 0 Å². The third-order valence-corrected chi connectivity index (χ3v) is 3.70. The summed E-state index contributed by atoms with van der Waals surface area (Å²) in [6, 6.07) is 4.87. The van der Waals surface area contributed by atoms with Crippen LogP contribution in [0.1, 0.15) is 24.3 Å². The highest BCUT2D eigenvalue weighted by molar-refractivity contribution is 5.86. The van der Waals surface area contributed by atoms with E-state index in [-0.39, 0.29) is 24.1 Å². The van der Waals surface area contributed by atoms with Gasteiger partial charge in [0.2, 0.25) is 5.91 Å². The van der Waals surface area contributed by atoms with Crippen LogP contribution in [-0.4, -0.2) is 47.6 Å². The molecule has 0 spiro atoms. The summed E-state index contributed by atoms with van der Waals surface area (Å²) in [4.78, 5) is 24.4. The van der Waals surface area contributed by atoms with Crippen molar-refractivity contribution in [2.24, 2.45) is 0 Å². The van der Waals surface area contributed by atoms with Crippen LogP contribution in [0.4, 0.5) is 11.4 Å². The van der Waals surface area contributed by atoms with E-state index < -0.39 is 4.92 Å². The number of nitro groups is 1. The fourth-order valence-corrected chi connectivity index (χ4v) is 2.50. The molecule has 0 radical (unpaired) electrons. The summed E-state index contributed by atoms with van der Waals surface area (Å²) < 4.78 is 0. The second kappa shape index (κ2) is 6.53. The van der Waals surface area contributed by atoms with Crippen molar-refractivity contribution in [3.05, 3.63) is 33.9 Å². The van der Waals surface area contributed by atoms with Crippen LogP contribution in [0.2, 0.25) is 0 Å². The molecule has 114 valence electrons. The Hall–Kier alpha value is -2.15. The second-order valence-corrected chi connectivity index (χ2v) is 5.14. The molecular weight excluding hydrogens is 274 g/mol. The maximum atomic E-state index is 12.0. The molecule has 1 fully saturated rings. The fourth-order valence-electron chi connectivity index (χ4n) is 2.50. The van der Waals surface area contributed by atoms with Gasteiger partial charge in [0.1, 0.15) is 5.69 Å². The van der Waals surface area contributed by atoms with E-state index in [4.69, 9.17) is 5.11 Å². The minimum atomic E-state index is -0.450. The van der Waals surface area contributed by atoms with Crippen molar-refractivity contribution < 1.29 is 14.8 Å². The Morgan fingerprint density at radius 1 is 1.52 bits per heavy atom. The molecule has 0 bridgehead atoms. The molecule has 7 nitrogen and oxygen atoms in total. The number of nitro benzene ring substituents is 1. The van der Waals surface area contributed by atoms with Crippen LogP contribution in [0.15, 0.2) is 18.2 Å². The Morgan fingerprint density at radius 2 is 2.29 bits per heavy atom. The normalized spacial score (nSPS) is 18.1. The Kier molecular flexibility index (Phi) is 4.74. The first-order valence-electron chi connectivity index (χ1n) is 6.92. The second-order valence-electron chi connectivity index (χ2n) is 5.14. The maximum absolute atomic E-state index is 12.0. The lowest BCUT2D eigenvalue weighted by Gasteiger charge is -2.12. The number of aliphatic hydroxyl groups is 1. The number of carbonyl (C=O) groups excluding carboxylic acids is 1. The first kappa shape index (κ1) is 15.2. The molecule has 1 unspecified atom stereocenters. The van der Waals surface area contributed by atoms with Gasteiger partial charge in [-0.25, -0.2) is 0 Å². The van der Waals surface area contributed by atoms with E-state index in [1.807, 2.05) is 0 Å². The quantitative estimate of drug-likeness (QED) is 0.469. The summed E-state index contributed by atoms with van der Waals surface area (Å²) >= 11 is 0. The fraction of sp³-hybridized carbons (Fsp3) is 0.500. The van der Waals surface area contributed by atoms with Gasteiger partial charge in [0.25, 0.3) is 5.69 Å². The van der Waals surface area contributed by atoms with E-state index in [1.54, 1.807) is 24.1 Å². The van der Waals surface area contributed by atoms with Gasteiger partial charge >= 0.3 is 0 Å². The highest BCUT2D eigenvalue weighted by atomic mass is 16.6. The van der Waals surface area contributed by atoms with Crippen LogP contribution in [0, 0.1) is 10.1 Å². The van der Waals surface area contributed by atoms with Gasteiger partial charge in [-0.3, -0.25) is 14.9 Å². The van der Waals surface area contributed by atoms with E-state index in [0.717, 1.165) is 0 Å². The highest BCUT2D eigenvalue weighted by Gasteiger charge is 2.31. The molecule has 1 amide bonds. The molecule has 7 heteroatoms. The standard InChI is InChI=1S/C14H19N3O4/c1-16-7-5-11(14(16)19)10-3-4-12(15-6-2-8-18)13(9-10)17(20)21/h3-4,9,11,15,18H,2,5-8H2,1H3. The molecule has 1 aromatic carbocycles. The zero-order valence-corrected chi connectivity index (χ0v) is 11.9. The van der Waals surface area contributed by atoms with Crippen molar-refractivity contribution in [2.45, 2.75) is 18.8 Å². The minimum Gasteiger partial charge on any atom is -0.396 e. The van der Waals surface area contributed by atoms with Crippen molar-refractivity contribution in [3.8, 4) is 0 Å². The molecule has 2 N–H and O–H groups in total. The third-order valence-electron chi connectivity index (χ3n) is 3.70. The molecule has 2 rings (SSSR count). The molecule has 0 aliphatic carbocycles. The summed E-state index contributed by atoms with van der Waals surface area (Å²) in [6.07, 6.45) is 1.20. The topological polar surface area (TPSA) is 95.7 Å². The van der Waals surface area contributed by atoms with Gasteiger partial charge in [-0.2, -0.15) is 0 Å². The summed E-state index contributed by atoms with van der Waals surface area (Å²) in [7, 11) is 1.74. The number of likely N-dealkylation sites (tertiary alicyclic amines) is 1. The molecular formula is C14H19N3O4. The average Bonchev–Trinajstić information content (AvgIpc) is 2.79. The number of anilines is 1. The molecule has 21 heavy (non-hydrogen) atoms. The van der Waals surface area contributed by atoms with E-state index in [2.05, 4.69) is 5.32 Å². The number of aliphatic hydroxyl groups excluding tert-OH is 1. The van der Waals surface area contributed by atoms with E-state index >= 15 is 0 Å². The molecule has 1 saturated heterocycles. The Balaban J connectivity index is 2.24. The van der Waals surface area contributed by atoms with Crippen molar-refractivity contribution in [1.29, 1.82) is 0 Å². The highest BCUT2D eigenvalue weighted by Crippen LogP contribution is 2.33. The minimum absolute atomic E-state index is 0.00490. The lowest BCUT2D eigenvalue weighted by atomic mass is 9.97. The largest absolute Gasteiger partial charge is 0.396 e. The third kappa shape index (κ3) is 3.30. The molecule has 1 heterocycles. The van der Waals surface area contributed by atoms with Gasteiger partial charge in [0.15, 0.2) is 0 Å². The maximum Gasteiger partial charge on any atom is 0.292 e. The number of likely N-dealkylation sites (N-methyl/N-ethyl adjacent to an activating group) is 1. The number of nitrogens with one attached hydrogen (secondary N) is 1. The van der Waals surface area contributed by atoms with Crippen LogP contribution in [0.3, 0.4) is 0 Å². The summed E-state index contributed by atoms with van der Waals surface area (Å²) in [5, 5.41) is 22.9. The zero-order valence-electron chi connectivity index (χ0n) is 11.9. The number of amides is 1. The molecule has 1 aliphatic rings. The van der Waals surface area contributed by atoms with Gasteiger partial charge in [0.05, 0.1) is 10.8 Å². The van der Waals surface area contributed by atoms with Gasteiger partial charge < -0.3 is 15.3 Å². The number of hydrogen-bond donors (Lipinski definition) is 2. The smallest absolute Gasteiger partial charge is 0.292 e. The van der Waals surface area contributed by atoms with Crippen LogP contribution < -0.4 is 5.32 Å². The Labute approximate surface area is 122 Å². The van der Waals surface area contributed by atoms with E-state index in [0.29, 0.717) is 37.2 Å². The summed E-state index contributed by atoms with van der Waals surface area (Å²) in [5.74, 6) is -0.287. The molecule has 0 saturated carbocycles. The van der Waals surface area contributed by atoms with E-state index in [1.165, 1.54) is 6.07 Å². The number of nitrogens with zero attached hydrogens (tertiary/aromatic N) is 2. The zero-order chi connectivity index (χ0) is 15.4. The Morgan fingerprint density at radius 3 is 2.86 bits per heavy atom. The van der Waals surface area contributed by atoms with Gasteiger partial charge in [-0.1, -0.05) is 6.07 Å². The first-order chi connectivity index (χ1) is 10.0. The monoisotopic (exact) mass is 293 g/mol. The van der Waals surface area contributed by atoms with E-state index in [9.17, 15) is 14.9 Å². The Bertz CT molecular complexity index is 547. The van der Waals surface area contributed by atoms with Gasteiger partial charge in [-0.15, -0.1) is 0 Å². The summed E-state index contributed by atoms with van der Waals surface area (Å²) in [5.41, 5.74) is 1.06. The number of benzene rings is 1. The molecule has 1 aliphatic heterocycles. The summed E-state index contributed by atoms with van der Waals surface area (Å²) in [6.45, 7) is 1.16. The average molecular weight is 293 g/mol. The van der Waals surface area contributed by atoms with Crippen molar-refractivity contribution in [2.75, 3.05) is 32.1 Å². The molecule has 0 aromatic heterocycles. The van der Waals surface area contributed by atoms with Crippen LogP contribution in [0.5, 0.6) is 0 Å².